The molecule has 0 atom stereocenters. The predicted molar refractivity (Wildman–Crippen MR) is 81.1 cm³/mol. The molecule has 0 unspecified atom stereocenters. The molecule has 0 amide bonds. The lowest BCUT2D eigenvalue weighted by atomic mass is 9.94. The molecule has 0 saturated heterocycles. The molecule has 0 aromatic heterocycles. The fourth-order valence-corrected chi connectivity index (χ4v) is 2.56. The Kier molecular flexibility index (Phi) is 3.64. The third-order valence-corrected chi connectivity index (χ3v) is 3.88. The van der Waals surface area contributed by atoms with Crippen molar-refractivity contribution in [3.05, 3.63) is 35.0 Å². The van der Waals surface area contributed by atoms with Crippen LogP contribution in [0, 0.1) is 12.8 Å². The highest BCUT2D eigenvalue weighted by atomic mass is 16.7. The van der Waals surface area contributed by atoms with Crippen LogP contribution in [0.1, 0.15) is 28.8 Å². The number of hydrogen-bond acceptors (Lipinski definition) is 5. The van der Waals surface area contributed by atoms with E-state index in [1.165, 1.54) is 0 Å². The Labute approximate surface area is 129 Å². The number of carbonyl (C=O) groups excluding carboxylic acids is 2. The lowest BCUT2D eigenvalue weighted by Gasteiger charge is -2.12. The zero-order valence-corrected chi connectivity index (χ0v) is 13.0. The quantitative estimate of drug-likeness (QED) is 0.361. The van der Waals surface area contributed by atoms with Crippen molar-refractivity contribution in [2.45, 2.75) is 19.8 Å². The third-order valence-electron chi connectivity index (χ3n) is 3.88. The molecule has 2 aliphatic rings. The molecule has 1 saturated carbocycles. The molecule has 1 aromatic carbocycles. The molecule has 0 bridgehead atoms. The van der Waals surface area contributed by atoms with Gasteiger partial charge in [-0.15, -0.1) is 0 Å². The molecular formula is C17H19NO4. The summed E-state index contributed by atoms with van der Waals surface area (Å²) in [5, 5.41) is 0. The van der Waals surface area contributed by atoms with Gasteiger partial charge in [-0.3, -0.25) is 9.59 Å². The van der Waals surface area contributed by atoms with E-state index < -0.39 is 0 Å². The SMILES string of the molecule is Cc1c(C(=O)/C(=C/N(C)C)C(=O)C2CC2)ccc2c1OCO2. The molecular weight excluding hydrogens is 282 g/mol. The average Bonchev–Trinajstić information content (AvgIpc) is 3.21. The van der Waals surface area contributed by atoms with Crippen LogP contribution in [-0.4, -0.2) is 37.4 Å². The first kappa shape index (κ1) is 14.6. The fraction of sp³-hybridized carbons (Fsp3) is 0.412. The van der Waals surface area contributed by atoms with Crippen molar-refractivity contribution < 1.29 is 19.1 Å². The highest BCUT2D eigenvalue weighted by molar-refractivity contribution is 6.27. The molecule has 1 aliphatic carbocycles. The van der Waals surface area contributed by atoms with Crippen molar-refractivity contribution in [3.63, 3.8) is 0 Å². The Bertz CT molecular complexity index is 671. The summed E-state index contributed by atoms with van der Waals surface area (Å²) in [5.74, 6) is 0.927. The van der Waals surface area contributed by atoms with E-state index in [2.05, 4.69) is 0 Å². The van der Waals surface area contributed by atoms with Crippen LogP contribution in [0.2, 0.25) is 0 Å². The van der Waals surface area contributed by atoms with Crippen molar-refractivity contribution in [2.24, 2.45) is 5.92 Å². The van der Waals surface area contributed by atoms with Crippen LogP contribution in [0.4, 0.5) is 0 Å². The average molecular weight is 301 g/mol. The van der Waals surface area contributed by atoms with Gasteiger partial charge in [0, 0.05) is 37.3 Å². The van der Waals surface area contributed by atoms with Crippen LogP contribution < -0.4 is 9.47 Å². The highest BCUT2D eigenvalue weighted by Crippen LogP contribution is 2.38. The molecule has 22 heavy (non-hydrogen) atoms. The number of carbonyl (C=O) groups is 2. The Balaban J connectivity index is 1.99. The largest absolute Gasteiger partial charge is 0.454 e. The number of benzene rings is 1. The summed E-state index contributed by atoms with van der Waals surface area (Å²) < 4.78 is 10.7. The smallest absolute Gasteiger partial charge is 0.231 e. The van der Waals surface area contributed by atoms with E-state index >= 15 is 0 Å². The standard InChI is InChI=1S/C17H19NO4/c1-10-12(6-7-14-17(10)22-9-21-14)16(20)13(8-18(2)3)15(19)11-4-5-11/h6-8,11H,4-5,9H2,1-3H3/b13-8+. The zero-order chi connectivity index (χ0) is 15.9. The Morgan fingerprint density at radius 1 is 1.23 bits per heavy atom. The van der Waals surface area contributed by atoms with Crippen LogP contribution in [0.3, 0.4) is 0 Å². The summed E-state index contributed by atoms with van der Waals surface area (Å²) in [6, 6.07) is 3.42. The van der Waals surface area contributed by atoms with Gasteiger partial charge < -0.3 is 14.4 Å². The molecule has 1 aliphatic heterocycles. The fourth-order valence-electron chi connectivity index (χ4n) is 2.56. The summed E-state index contributed by atoms with van der Waals surface area (Å²) in [5.41, 5.74) is 1.45. The first-order chi connectivity index (χ1) is 10.5. The maximum atomic E-state index is 12.9. The second-order valence-corrected chi connectivity index (χ2v) is 5.95. The van der Waals surface area contributed by atoms with Gasteiger partial charge in [0.05, 0.1) is 5.57 Å². The van der Waals surface area contributed by atoms with Gasteiger partial charge in [-0.1, -0.05) is 0 Å². The zero-order valence-electron chi connectivity index (χ0n) is 13.0. The molecule has 5 nitrogen and oxygen atoms in total. The molecule has 5 heteroatoms. The van der Waals surface area contributed by atoms with Gasteiger partial charge in [0.2, 0.25) is 6.79 Å². The number of ether oxygens (including phenoxy) is 2. The number of nitrogens with zero attached hydrogens (tertiary/aromatic N) is 1. The molecule has 1 heterocycles. The second-order valence-electron chi connectivity index (χ2n) is 5.95. The van der Waals surface area contributed by atoms with E-state index in [1.54, 1.807) is 37.3 Å². The first-order valence-electron chi connectivity index (χ1n) is 7.35. The summed E-state index contributed by atoms with van der Waals surface area (Å²) in [6.45, 7) is 1.98. The summed E-state index contributed by atoms with van der Waals surface area (Å²) in [6.07, 6.45) is 3.36. The van der Waals surface area contributed by atoms with Crippen LogP contribution in [0.5, 0.6) is 11.5 Å². The molecule has 1 aromatic rings. The lowest BCUT2D eigenvalue weighted by Crippen LogP contribution is -2.19. The topological polar surface area (TPSA) is 55.8 Å². The van der Waals surface area contributed by atoms with Crippen molar-refractivity contribution in [1.29, 1.82) is 0 Å². The molecule has 3 rings (SSSR count). The van der Waals surface area contributed by atoms with Crippen LogP contribution >= 0.6 is 0 Å². The van der Waals surface area contributed by atoms with E-state index in [0.717, 1.165) is 12.8 Å². The summed E-state index contributed by atoms with van der Waals surface area (Å²) >= 11 is 0. The van der Waals surface area contributed by atoms with E-state index in [1.807, 2.05) is 6.92 Å². The minimum atomic E-state index is -0.249. The predicted octanol–water partition coefficient (Wildman–Crippen LogP) is 2.33. The monoisotopic (exact) mass is 301 g/mol. The normalized spacial score (nSPS) is 16.6. The van der Waals surface area contributed by atoms with E-state index in [9.17, 15) is 9.59 Å². The number of ketones is 2. The Morgan fingerprint density at radius 3 is 2.59 bits per heavy atom. The highest BCUT2D eigenvalue weighted by Gasteiger charge is 2.35. The first-order valence-corrected chi connectivity index (χ1v) is 7.35. The number of rotatable bonds is 5. The van der Waals surface area contributed by atoms with E-state index in [-0.39, 0.29) is 29.9 Å². The van der Waals surface area contributed by atoms with Crippen LogP contribution in [0.25, 0.3) is 0 Å². The third kappa shape index (κ3) is 2.58. The van der Waals surface area contributed by atoms with E-state index in [4.69, 9.17) is 9.47 Å². The van der Waals surface area contributed by atoms with Gasteiger partial charge in [0.15, 0.2) is 23.1 Å². The molecule has 1 fully saturated rings. The molecule has 0 radical (unpaired) electrons. The minimum Gasteiger partial charge on any atom is -0.454 e. The van der Waals surface area contributed by atoms with Gasteiger partial charge >= 0.3 is 0 Å². The summed E-state index contributed by atoms with van der Waals surface area (Å²) in [4.78, 5) is 27.0. The van der Waals surface area contributed by atoms with Gasteiger partial charge in [-0.2, -0.15) is 0 Å². The lowest BCUT2D eigenvalue weighted by molar-refractivity contribution is -0.116. The number of allylic oxidation sites excluding steroid dienone is 1. The number of fused-ring (bicyclic) bond motifs is 1. The minimum absolute atomic E-state index is 0.00414. The molecule has 0 spiro atoms. The molecule has 116 valence electrons. The van der Waals surface area contributed by atoms with Gasteiger partial charge in [0.1, 0.15) is 0 Å². The maximum absolute atomic E-state index is 12.9. The number of Topliss-reactive ketones (excluding diaryl/α,β-unsaturated/α-hetero) is 2. The van der Waals surface area contributed by atoms with Crippen molar-refractivity contribution >= 4 is 11.6 Å². The van der Waals surface area contributed by atoms with Gasteiger partial charge in [0.25, 0.3) is 0 Å². The Hall–Kier alpha value is -2.30. The second kappa shape index (κ2) is 5.48. The van der Waals surface area contributed by atoms with Crippen molar-refractivity contribution in [1.82, 2.24) is 4.90 Å². The van der Waals surface area contributed by atoms with E-state index in [0.29, 0.717) is 22.6 Å². The van der Waals surface area contributed by atoms with Crippen LogP contribution in [-0.2, 0) is 4.79 Å². The maximum Gasteiger partial charge on any atom is 0.231 e. The number of hydrogen-bond donors (Lipinski definition) is 0. The molecule has 0 N–H and O–H groups in total. The van der Waals surface area contributed by atoms with Crippen molar-refractivity contribution in [2.75, 3.05) is 20.9 Å². The van der Waals surface area contributed by atoms with Crippen molar-refractivity contribution in [3.8, 4) is 11.5 Å². The summed E-state index contributed by atoms with van der Waals surface area (Å²) in [7, 11) is 3.61. The van der Waals surface area contributed by atoms with Gasteiger partial charge in [-0.05, 0) is 31.9 Å². The van der Waals surface area contributed by atoms with Crippen LogP contribution in [0.15, 0.2) is 23.9 Å². The Morgan fingerprint density at radius 2 is 1.95 bits per heavy atom. The van der Waals surface area contributed by atoms with Gasteiger partial charge in [-0.25, -0.2) is 0 Å².